The minimum Gasteiger partial charge on any atom is -0.340 e. The average Bonchev–Trinajstić information content (AvgIpc) is 3.08. The number of carbonyl (C=O) groups is 1. The number of likely N-dealkylation sites (tertiary alicyclic amines) is 1. The number of imidazole rings is 1. The largest absolute Gasteiger partial charge is 0.340 e. The number of aryl methyl sites for hydroxylation is 2. The highest BCUT2D eigenvalue weighted by Crippen LogP contribution is 2.20. The summed E-state index contributed by atoms with van der Waals surface area (Å²) >= 11 is 0. The molecule has 1 amide bonds. The highest BCUT2D eigenvalue weighted by atomic mass is 32.2. The van der Waals surface area contributed by atoms with Crippen LogP contribution in [0.15, 0.2) is 17.0 Å². The molecule has 0 aliphatic carbocycles. The van der Waals surface area contributed by atoms with Gasteiger partial charge in [0.15, 0.2) is 5.82 Å². The molecule has 25 heavy (non-hydrogen) atoms. The monoisotopic (exact) mass is 368 g/mol. The Morgan fingerprint density at radius 2 is 2.16 bits per heavy atom. The van der Waals surface area contributed by atoms with Gasteiger partial charge in [-0.15, -0.1) is 0 Å². The maximum Gasteiger partial charge on any atom is 0.274 e. The Balaban J connectivity index is 1.61. The number of hydrogen-bond donors (Lipinski definition) is 0. The van der Waals surface area contributed by atoms with Crippen LogP contribution in [-0.4, -0.2) is 75.2 Å². The lowest BCUT2D eigenvalue weighted by atomic mass is 10.1. The van der Waals surface area contributed by atoms with E-state index in [1.54, 1.807) is 36.0 Å². The Kier molecular flexibility index (Phi) is 4.60. The minimum absolute atomic E-state index is 0.195. The first-order chi connectivity index (χ1) is 11.7. The second kappa shape index (κ2) is 6.56. The van der Waals surface area contributed by atoms with Crippen LogP contribution in [0.25, 0.3) is 0 Å². The van der Waals surface area contributed by atoms with E-state index in [1.807, 2.05) is 0 Å². The second-order valence-electron chi connectivity index (χ2n) is 6.14. The van der Waals surface area contributed by atoms with Crippen LogP contribution >= 0.6 is 0 Å². The van der Waals surface area contributed by atoms with Gasteiger partial charge in [0.2, 0.25) is 15.9 Å². The molecular formula is C14H20N6O4S. The van der Waals surface area contributed by atoms with Crippen LogP contribution in [0.5, 0.6) is 0 Å². The van der Waals surface area contributed by atoms with Gasteiger partial charge in [0.1, 0.15) is 5.69 Å². The van der Waals surface area contributed by atoms with Crippen molar-refractivity contribution in [1.82, 2.24) is 28.9 Å². The van der Waals surface area contributed by atoms with Gasteiger partial charge < -0.3 is 14.0 Å². The van der Waals surface area contributed by atoms with E-state index < -0.39 is 10.0 Å². The third kappa shape index (κ3) is 3.87. The van der Waals surface area contributed by atoms with E-state index in [1.165, 1.54) is 4.31 Å². The van der Waals surface area contributed by atoms with Crippen molar-refractivity contribution in [2.75, 3.05) is 25.9 Å². The highest BCUT2D eigenvalue weighted by Gasteiger charge is 2.39. The normalized spacial score (nSPS) is 15.6. The molecule has 0 saturated carbocycles. The fraction of sp³-hybridized carbons (Fsp3) is 0.571. The van der Waals surface area contributed by atoms with Crippen molar-refractivity contribution in [3.63, 3.8) is 0 Å². The predicted octanol–water partition coefficient (Wildman–Crippen LogP) is -0.560. The van der Waals surface area contributed by atoms with Gasteiger partial charge in [-0.2, -0.15) is 9.29 Å². The molecule has 0 unspecified atom stereocenters. The average molecular weight is 368 g/mol. The Bertz CT molecular complexity index is 868. The lowest BCUT2D eigenvalue weighted by molar-refractivity contribution is 0.0449. The number of amides is 1. The predicted molar refractivity (Wildman–Crippen MR) is 87.2 cm³/mol. The molecule has 1 fully saturated rings. The van der Waals surface area contributed by atoms with Crippen LogP contribution < -0.4 is 0 Å². The van der Waals surface area contributed by atoms with E-state index in [0.717, 1.165) is 6.26 Å². The summed E-state index contributed by atoms with van der Waals surface area (Å²) in [6.45, 7) is 2.60. The number of sulfonamides is 1. The smallest absolute Gasteiger partial charge is 0.274 e. The molecule has 0 bridgehead atoms. The maximum atomic E-state index is 12.3. The van der Waals surface area contributed by atoms with Crippen LogP contribution in [0, 0.1) is 6.92 Å². The Morgan fingerprint density at radius 3 is 2.68 bits per heavy atom. The lowest BCUT2D eigenvalue weighted by Gasteiger charge is -2.43. The van der Waals surface area contributed by atoms with Gasteiger partial charge >= 0.3 is 0 Å². The molecule has 3 rings (SSSR count). The van der Waals surface area contributed by atoms with E-state index >= 15 is 0 Å². The van der Waals surface area contributed by atoms with Crippen LogP contribution in [0.3, 0.4) is 0 Å². The van der Waals surface area contributed by atoms with Crippen LogP contribution in [0.1, 0.15) is 22.2 Å². The SMILES string of the molecule is Cc1nc(CCN(C2CN(C(=O)c3cn(C)cn3)C2)S(C)(=O)=O)no1. The summed E-state index contributed by atoms with van der Waals surface area (Å²) in [5.41, 5.74) is 0.356. The Hall–Kier alpha value is -2.27. The molecule has 0 spiro atoms. The summed E-state index contributed by atoms with van der Waals surface area (Å²) in [5.74, 6) is 0.711. The van der Waals surface area contributed by atoms with Crippen molar-refractivity contribution in [2.24, 2.45) is 7.05 Å². The molecular weight excluding hydrogens is 348 g/mol. The first kappa shape index (κ1) is 17.5. The van der Waals surface area contributed by atoms with Gasteiger partial charge in [0.25, 0.3) is 5.91 Å². The first-order valence-electron chi connectivity index (χ1n) is 7.77. The summed E-state index contributed by atoms with van der Waals surface area (Å²) in [5, 5.41) is 3.78. The standard InChI is InChI=1S/C14H20N6O4S/c1-10-16-13(17-24-10)4-5-20(25(3,22)23)11-6-19(7-11)14(21)12-8-18(2)9-15-12/h8-9,11H,4-7H2,1-3H3. The summed E-state index contributed by atoms with van der Waals surface area (Å²) < 4.78 is 32.1. The van der Waals surface area contributed by atoms with Gasteiger partial charge in [0.05, 0.1) is 18.6 Å². The summed E-state index contributed by atoms with van der Waals surface area (Å²) in [6.07, 6.45) is 4.72. The fourth-order valence-corrected chi connectivity index (χ4v) is 3.86. The van der Waals surface area contributed by atoms with Crippen molar-refractivity contribution in [3.8, 4) is 0 Å². The Morgan fingerprint density at radius 1 is 1.44 bits per heavy atom. The topological polar surface area (TPSA) is 114 Å². The zero-order valence-corrected chi connectivity index (χ0v) is 15.1. The molecule has 2 aromatic heterocycles. The third-order valence-electron chi connectivity index (χ3n) is 4.03. The zero-order valence-electron chi connectivity index (χ0n) is 14.3. The van der Waals surface area contributed by atoms with Gasteiger partial charge in [-0.25, -0.2) is 13.4 Å². The fourth-order valence-electron chi connectivity index (χ4n) is 2.76. The van der Waals surface area contributed by atoms with Crippen LogP contribution in [0.4, 0.5) is 0 Å². The van der Waals surface area contributed by atoms with Crippen molar-refractivity contribution in [2.45, 2.75) is 19.4 Å². The number of hydrogen-bond acceptors (Lipinski definition) is 7. The van der Waals surface area contributed by atoms with E-state index in [-0.39, 0.29) is 18.5 Å². The summed E-state index contributed by atoms with van der Waals surface area (Å²) in [7, 11) is -1.62. The lowest BCUT2D eigenvalue weighted by Crippen LogP contribution is -2.62. The Labute approximate surface area is 145 Å². The van der Waals surface area contributed by atoms with Crippen LogP contribution in [0.2, 0.25) is 0 Å². The van der Waals surface area contributed by atoms with Crippen molar-refractivity contribution < 1.29 is 17.7 Å². The maximum absolute atomic E-state index is 12.3. The summed E-state index contributed by atoms with van der Waals surface area (Å²) in [6, 6.07) is -0.254. The number of aromatic nitrogens is 4. The van der Waals surface area contributed by atoms with Gasteiger partial charge in [-0.05, 0) is 0 Å². The molecule has 1 saturated heterocycles. The molecule has 1 aliphatic heterocycles. The van der Waals surface area contributed by atoms with Crippen molar-refractivity contribution >= 4 is 15.9 Å². The molecule has 11 heteroatoms. The highest BCUT2D eigenvalue weighted by molar-refractivity contribution is 7.88. The minimum atomic E-state index is -3.41. The quantitative estimate of drug-likeness (QED) is 0.671. The second-order valence-corrected chi connectivity index (χ2v) is 8.08. The molecule has 3 heterocycles. The van der Waals surface area contributed by atoms with Crippen LogP contribution in [-0.2, 0) is 23.5 Å². The zero-order chi connectivity index (χ0) is 18.2. The number of carbonyl (C=O) groups excluding carboxylic acids is 1. The van der Waals surface area contributed by atoms with Crippen molar-refractivity contribution in [3.05, 3.63) is 29.9 Å². The molecule has 0 radical (unpaired) electrons. The molecule has 2 aromatic rings. The van der Waals surface area contributed by atoms with E-state index in [0.29, 0.717) is 36.9 Å². The van der Waals surface area contributed by atoms with E-state index in [2.05, 4.69) is 15.1 Å². The van der Waals surface area contributed by atoms with Gasteiger partial charge in [0, 0.05) is 46.2 Å². The number of rotatable bonds is 6. The molecule has 1 aliphatic rings. The summed E-state index contributed by atoms with van der Waals surface area (Å²) in [4.78, 5) is 22.0. The first-order valence-corrected chi connectivity index (χ1v) is 9.62. The molecule has 10 nitrogen and oxygen atoms in total. The van der Waals surface area contributed by atoms with Gasteiger partial charge in [-0.1, -0.05) is 5.16 Å². The molecule has 0 atom stereocenters. The molecule has 0 aromatic carbocycles. The molecule has 0 N–H and O–H groups in total. The van der Waals surface area contributed by atoms with E-state index in [9.17, 15) is 13.2 Å². The third-order valence-corrected chi connectivity index (χ3v) is 5.36. The van der Waals surface area contributed by atoms with Crippen molar-refractivity contribution in [1.29, 1.82) is 0 Å². The van der Waals surface area contributed by atoms with Gasteiger partial charge in [-0.3, -0.25) is 4.79 Å². The number of nitrogens with zero attached hydrogens (tertiary/aromatic N) is 6. The van der Waals surface area contributed by atoms with E-state index in [4.69, 9.17) is 4.52 Å². The molecule has 136 valence electrons.